The summed E-state index contributed by atoms with van der Waals surface area (Å²) in [6.45, 7) is 0. The summed E-state index contributed by atoms with van der Waals surface area (Å²) in [7, 11) is 0. The number of aromatic nitrogens is 5. The third-order valence-electron chi connectivity index (χ3n) is 11.7. The quantitative estimate of drug-likeness (QED) is 0.181. The third kappa shape index (κ3) is 4.21. The average molecular weight is 728 g/mol. The Kier molecular flexibility index (Phi) is 6.07. The summed E-state index contributed by atoms with van der Waals surface area (Å²) in [5.41, 5.74) is 11.2. The van der Waals surface area contributed by atoms with Gasteiger partial charge in [-0.15, -0.1) is 0 Å². The number of para-hydroxylation sites is 4. The van der Waals surface area contributed by atoms with Gasteiger partial charge in [-0.1, -0.05) is 133 Å². The van der Waals surface area contributed by atoms with Crippen LogP contribution in [0.3, 0.4) is 0 Å². The van der Waals surface area contributed by atoms with Crippen molar-refractivity contribution in [2.24, 2.45) is 0 Å². The van der Waals surface area contributed by atoms with Crippen molar-refractivity contribution >= 4 is 81.8 Å². The van der Waals surface area contributed by atoms with Crippen LogP contribution in [0, 0.1) is 0 Å². The fourth-order valence-electron chi connectivity index (χ4n) is 9.25. The van der Waals surface area contributed by atoms with Gasteiger partial charge in [0.05, 0.1) is 44.2 Å². The van der Waals surface area contributed by atoms with Crippen LogP contribution in [-0.2, 0) is 0 Å². The van der Waals surface area contributed by atoms with Crippen molar-refractivity contribution in [3.05, 3.63) is 176 Å². The second kappa shape index (κ2) is 11.4. The molecule has 5 heterocycles. The molecule has 0 bridgehead atoms. The maximum Gasteiger partial charge on any atom is 0.167 e. The molecule has 57 heavy (non-hydrogen) atoms. The van der Waals surface area contributed by atoms with E-state index in [1.807, 2.05) is 72.8 Å². The second-order valence-corrected chi connectivity index (χ2v) is 14.8. The number of nitrogens with zero attached hydrogens (tertiary/aromatic N) is 5. The first-order valence-electron chi connectivity index (χ1n) is 19.2. The lowest BCUT2D eigenvalue weighted by atomic mass is 10.0. The molecule has 13 rings (SSSR count). The van der Waals surface area contributed by atoms with E-state index in [0.717, 1.165) is 55.3 Å². The molecule has 0 radical (unpaired) electrons. The lowest BCUT2D eigenvalue weighted by Gasteiger charge is -2.13. The van der Waals surface area contributed by atoms with E-state index in [1.165, 1.54) is 48.9 Å². The lowest BCUT2D eigenvalue weighted by molar-refractivity contribution is 0.669. The summed E-state index contributed by atoms with van der Waals surface area (Å²) in [5, 5.41) is 9.52. The zero-order chi connectivity index (χ0) is 37.2. The zero-order valence-electron chi connectivity index (χ0n) is 30.4. The van der Waals surface area contributed by atoms with E-state index in [2.05, 4.69) is 112 Å². The molecule has 0 saturated carbocycles. The van der Waals surface area contributed by atoms with Crippen molar-refractivity contribution in [3.8, 4) is 39.9 Å². The SMILES string of the molecule is c1ccc(-c2nc(-c3ccccc3)nc(-c3ccc(-n4c5ccccc5c5cc6c7cccc8c9ccccc9n(c6cc54)c87)c4c3oc3ccccc34)n2)cc1. The van der Waals surface area contributed by atoms with Crippen molar-refractivity contribution in [1.82, 2.24) is 23.9 Å². The molecular weight excluding hydrogens is 699 g/mol. The number of hydrogen-bond donors (Lipinski definition) is 0. The second-order valence-electron chi connectivity index (χ2n) is 14.8. The molecule has 0 aliphatic carbocycles. The number of benzene rings is 8. The van der Waals surface area contributed by atoms with Gasteiger partial charge in [0.2, 0.25) is 0 Å². The highest BCUT2D eigenvalue weighted by Crippen LogP contribution is 2.45. The summed E-state index contributed by atoms with van der Waals surface area (Å²) in [6, 6.07) is 61.8. The number of rotatable bonds is 4. The van der Waals surface area contributed by atoms with E-state index < -0.39 is 0 Å². The molecule has 0 aliphatic rings. The fraction of sp³-hybridized carbons (Fsp3) is 0. The molecule has 5 aromatic heterocycles. The summed E-state index contributed by atoms with van der Waals surface area (Å²) < 4.78 is 11.7. The molecule has 8 aromatic carbocycles. The van der Waals surface area contributed by atoms with E-state index in [4.69, 9.17) is 19.4 Å². The molecule has 0 atom stereocenters. The van der Waals surface area contributed by atoms with Crippen LogP contribution >= 0.6 is 0 Å². The lowest BCUT2D eigenvalue weighted by Crippen LogP contribution is -2.01. The van der Waals surface area contributed by atoms with Crippen LogP contribution in [-0.4, -0.2) is 23.9 Å². The molecule has 13 aromatic rings. The number of furan rings is 1. The Balaban J connectivity index is 1.13. The molecule has 0 fully saturated rings. The molecule has 0 aliphatic heterocycles. The van der Waals surface area contributed by atoms with E-state index >= 15 is 0 Å². The average Bonchev–Trinajstić information content (AvgIpc) is 4.02. The largest absolute Gasteiger partial charge is 0.455 e. The van der Waals surface area contributed by atoms with Gasteiger partial charge in [-0.05, 0) is 42.5 Å². The third-order valence-corrected chi connectivity index (χ3v) is 11.7. The predicted octanol–water partition coefficient (Wildman–Crippen LogP) is 13.0. The minimum atomic E-state index is 0.555. The molecule has 264 valence electrons. The van der Waals surface area contributed by atoms with Crippen molar-refractivity contribution in [2.75, 3.05) is 0 Å². The van der Waals surface area contributed by atoms with Gasteiger partial charge in [0.15, 0.2) is 17.5 Å². The van der Waals surface area contributed by atoms with E-state index in [1.54, 1.807) is 0 Å². The van der Waals surface area contributed by atoms with Crippen molar-refractivity contribution in [3.63, 3.8) is 0 Å². The minimum absolute atomic E-state index is 0.555. The van der Waals surface area contributed by atoms with Crippen molar-refractivity contribution in [1.29, 1.82) is 0 Å². The van der Waals surface area contributed by atoms with Gasteiger partial charge in [-0.3, -0.25) is 0 Å². The molecule has 0 saturated heterocycles. The van der Waals surface area contributed by atoms with Crippen molar-refractivity contribution < 1.29 is 4.42 Å². The molecule has 0 N–H and O–H groups in total. The van der Waals surface area contributed by atoms with Crippen LogP contribution < -0.4 is 0 Å². The van der Waals surface area contributed by atoms with E-state index in [0.29, 0.717) is 17.5 Å². The number of fused-ring (bicyclic) bond motifs is 12. The highest BCUT2D eigenvalue weighted by molar-refractivity contribution is 6.26. The fourth-order valence-corrected chi connectivity index (χ4v) is 9.25. The van der Waals surface area contributed by atoms with Gasteiger partial charge in [-0.2, -0.15) is 0 Å². The zero-order valence-corrected chi connectivity index (χ0v) is 30.4. The van der Waals surface area contributed by atoms with Gasteiger partial charge in [0, 0.05) is 48.8 Å². The van der Waals surface area contributed by atoms with E-state index in [9.17, 15) is 0 Å². The molecule has 0 amide bonds. The van der Waals surface area contributed by atoms with Crippen LogP contribution in [0.2, 0.25) is 0 Å². The summed E-state index contributed by atoms with van der Waals surface area (Å²) in [4.78, 5) is 15.2. The normalized spacial score (nSPS) is 12.2. The molecule has 0 unspecified atom stereocenters. The molecule has 6 heteroatoms. The topological polar surface area (TPSA) is 61.2 Å². The molecule has 6 nitrogen and oxygen atoms in total. The monoisotopic (exact) mass is 727 g/mol. The van der Waals surface area contributed by atoms with Gasteiger partial charge >= 0.3 is 0 Å². The Hall–Kier alpha value is -7.83. The maximum atomic E-state index is 6.87. The molecular formula is C51H29N5O. The summed E-state index contributed by atoms with van der Waals surface area (Å²) in [6.07, 6.45) is 0. The maximum absolute atomic E-state index is 6.87. The Labute approximate surface area is 324 Å². The van der Waals surface area contributed by atoms with Crippen LogP contribution in [0.25, 0.3) is 122 Å². The van der Waals surface area contributed by atoms with Gasteiger partial charge in [0.25, 0.3) is 0 Å². The Bertz CT molecular complexity index is 3690. The van der Waals surface area contributed by atoms with Crippen LogP contribution in [0.4, 0.5) is 0 Å². The Morgan fingerprint density at radius 1 is 0.386 bits per heavy atom. The summed E-state index contributed by atoms with van der Waals surface area (Å²) >= 11 is 0. The number of hydrogen-bond acceptors (Lipinski definition) is 4. The molecule has 0 spiro atoms. The smallest absolute Gasteiger partial charge is 0.167 e. The minimum Gasteiger partial charge on any atom is -0.455 e. The first-order chi connectivity index (χ1) is 28.3. The Morgan fingerprint density at radius 3 is 1.68 bits per heavy atom. The highest BCUT2D eigenvalue weighted by atomic mass is 16.3. The van der Waals surface area contributed by atoms with Crippen LogP contribution in [0.5, 0.6) is 0 Å². The van der Waals surface area contributed by atoms with Crippen LogP contribution in [0.15, 0.2) is 180 Å². The van der Waals surface area contributed by atoms with Gasteiger partial charge in [-0.25, -0.2) is 15.0 Å². The first kappa shape index (κ1) is 30.5. The predicted molar refractivity (Wildman–Crippen MR) is 232 cm³/mol. The van der Waals surface area contributed by atoms with Gasteiger partial charge in [0.1, 0.15) is 11.2 Å². The first-order valence-corrected chi connectivity index (χ1v) is 19.2. The van der Waals surface area contributed by atoms with E-state index in [-0.39, 0.29) is 0 Å². The van der Waals surface area contributed by atoms with Crippen LogP contribution in [0.1, 0.15) is 0 Å². The Morgan fingerprint density at radius 2 is 0.947 bits per heavy atom. The van der Waals surface area contributed by atoms with Gasteiger partial charge < -0.3 is 13.4 Å². The highest BCUT2D eigenvalue weighted by Gasteiger charge is 2.24. The standard InChI is InChI=1S/C51H29N5O/c1-3-14-30(15-4-1)49-52-50(31-16-5-2-6-17-31)54-51(53-49)37-26-27-42(46-36-20-9-12-25-45(36)57-48(37)46)55-40-23-10-8-19-33(40)38-28-39-35-22-13-21-34-32-18-7-11-24-41(32)56(47(34)35)44(39)29-43(38)55/h1-29H. The summed E-state index contributed by atoms with van der Waals surface area (Å²) in [5.74, 6) is 1.77. The van der Waals surface area contributed by atoms with Crippen molar-refractivity contribution in [2.45, 2.75) is 0 Å².